The lowest BCUT2D eigenvalue weighted by Gasteiger charge is -2.10. The molecular weight excluding hydrogens is 295 g/mol. The lowest BCUT2D eigenvalue weighted by Crippen LogP contribution is -2.26. The highest BCUT2D eigenvalue weighted by Crippen LogP contribution is 2.15. The first-order chi connectivity index (χ1) is 10.0. The molecule has 0 amide bonds. The first-order valence-corrected chi connectivity index (χ1v) is 8.47. The molecule has 0 atom stereocenters. The van der Waals surface area contributed by atoms with Crippen molar-refractivity contribution in [3.63, 3.8) is 0 Å². The minimum Gasteiger partial charge on any atom is -0.385 e. The SMILES string of the molecule is CCCNCc1cc(S(=O)(=O)NCCCOC)ccc1F. The van der Waals surface area contributed by atoms with E-state index in [-0.39, 0.29) is 11.4 Å². The van der Waals surface area contributed by atoms with Gasteiger partial charge in [-0.3, -0.25) is 0 Å². The Morgan fingerprint density at radius 2 is 2.05 bits per heavy atom. The molecule has 1 aromatic carbocycles. The van der Waals surface area contributed by atoms with E-state index in [1.54, 1.807) is 7.11 Å². The minimum absolute atomic E-state index is 0.0783. The highest BCUT2D eigenvalue weighted by atomic mass is 32.2. The zero-order valence-corrected chi connectivity index (χ0v) is 13.3. The summed E-state index contributed by atoms with van der Waals surface area (Å²) in [6.07, 6.45) is 1.52. The number of sulfonamides is 1. The number of hydrogen-bond donors (Lipinski definition) is 2. The number of benzene rings is 1. The second kappa shape index (κ2) is 9.09. The van der Waals surface area contributed by atoms with E-state index in [0.29, 0.717) is 25.1 Å². The molecule has 0 aliphatic carbocycles. The van der Waals surface area contributed by atoms with Crippen LogP contribution in [0.3, 0.4) is 0 Å². The average molecular weight is 318 g/mol. The van der Waals surface area contributed by atoms with Crippen molar-refractivity contribution in [1.29, 1.82) is 0 Å². The normalized spacial score (nSPS) is 11.8. The van der Waals surface area contributed by atoms with Crippen LogP contribution >= 0.6 is 0 Å². The Balaban J connectivity index is 2.75. The van der Waals surface area contributed by atoms with Crippen LogP contribution in [0.1, 0.15) is 25.3 Å². The Kier molecular flexibility index (Phi) is 7.81. The number of halogens is 1. The topological polar surface area (TPSA) is 67.4 Å². The molecule has 0 spiro atoms. The third-order valence-electron chi connectivity index (χ3n) is 2.89. The number of methoxy groups -OCH3 is 1. The maximum atomic E-state index is 13.7. The molecule has 0 aromatic heterocycles. The van der Waals surface area contributed by atoms with Gasteiger partial charge in [0.1, 0.15) is 5.82 Å². The van der Waals surface area contributed by atoms with Crippen molar-refractivity contribution in [2.75, 3.05) is 26.8 Å². The smallest absolute Gasteiger partial charge is 0.240 e. The third kappa shape index (κ3) is 6.09. The molecule has 0 aliphatic heterocycles. The van der Waals surface area contributed by atoms with Crippen molar-refractivity contribution in [1.82, 2.24) is 10.0 Å². The molecular formula is C14H23FN2O3S. The van der Waals surface area contributed by atoms with E-state index >= 15 is 0 Å². The van der Waals surface area contributed by atoms with Gasteiger partial charge in [0.05, 0.1) is 4.90 Å². The predicted molar refractivity (Wildman–Crippen MR) is 80.1 cm³/mol. The first-order valence-electron chi connectivity index (χ1n) is 6.99. The first kappa shape index (κ1) is 18.0. The summed E-state index contributed by atoms with van der Waals surface area (Å²) in [5.74, 6) is -0.406. The summed E-state index contributed by atoms with van der Waals surface area (Å²) in [7, 11) is -2.05. The summed E-state index contributed by atoms with van der Waals surface area (Å²) in [5, 5.41) is 3.06. The van der Waals surface area contributed by atoms with E-state index in [0.717, 1.165) is 13.0 Å². The molecule has 1 rings (SSSR count). The van der Waals surface area contributed by atoms with Gasteiger partial charge < -0.3 is 10.1 Å². The quantitative estimate of drug-likeness (QED) is 0.644. The van der Waals surface area contributed by atoms with Crippen LogP contribution in [0.4, 0.5) is 4.39 Å². The lowest BCUT2D eigenvalue weighted by molar-refractivity contribution is 0.196. The van der Waals surface area contributed by atoms with Gasteiger partial charge in [-0.25, -0.2) is 17.5 Å². The predicted octanol–water partition coefficient (Wildman–Crippen LogP) is 1.64. The molecule has 7 heteroatoms. The fraction of sp³-hybridized carbons (Fsp3) is 0.571. The Morgan fingerprint density at radius 1 is 1.29 bits per heavy atom. The van der Waals surface area contributed by atoms with Gasteiger partial charge in [0.25, 0.3) is 0 Å². The average Bonchev–Trinajstić information content (AvgIpc) is 2.45. The number of rotatable bonds is 10. The molecule has 0 unspecified atom stereocenters. The van der Waals surface area contributed by atoms with Gasteiger partial charge in [-0.15, -0.1) is 0 Å². The molecule has 0 heterocycles. The number of ether oxygens (including phenoxy) is 1. The number of hydrogen-bond acceptors (Lipinski definition) is 4. The number of nitrogens with one attached hydrogen (secondary N) is 2. The van der Waals surface area contributed by atoms with Crippen molar-refractivity contribution in [2.24, 2.45) is 0 Å². The highest BCUT2D eigenvalue weighted by molar-refractivity contribution is 7.89. The van der Waals surface area contributed by atoms with E-state index in [1.165, 1.54) is 18.2 Å². The van der Waals surface area contributed by atoms with Crippen LogP contribution in [0.5, 0.6) is 0 Å². The van der Waals surface area contributed by atoms with Crippen LogP contribution in [0, 0.1) is 5.82 Å². The van der Waals surface area contributed by atoms with Gasteiger partial charge in [0.15, 0.2) is 0 Å². The zero-order valence-electron chi connectivity index (χ0n) is 12.5. The minimum atomic E-state index is -3.61. The van der Waals surface area contributed by atoms with Crippen LogP contribution in [0.15, 0.2) is 23.1 Å². The van der Waals surface area contributed by atoms with E-state index in [2.05, 4.69) is 10.0 Å². The van der Waals surface area contributed by atoms with E-state index in [9.17, 15) is 12.8 Å². The second-order valence-corrected chi connectivity index (χ2v) is 6.44. The fourth-order valence-electron chi connectivity index (χ4n) is 1.76. The molecule has 0 saturated heterocycles. The maximum absolute atomic E-state index is 13.7. The van der Waals surface area contributed by atoms with Gasteiger partial charge in [-0.05, 0) is 37.6 Å². The fourth-order valence-corrected chi connectivity index (χ4v) is 2.88. The maximum Gasteiger partial charge on any atom is 0.240 e. The van der Waals surface area contributed by atoms with Crippen LogP contribution in [0.25, 0.3) is 0 Å². The molecule has 1 aromatic rings. The molecule has 0 radical (unpaired) electrons. The van der Waals surface area contributed by atoms with Gasteiger partial charge in [0.2, 0.25) is 10.0 Å². The molecule has 0 fully saturated rings. The van der Waals surface area contributed by atoms with E-state index < -0.39 is 15.8 Å². The van der Waals surface area contributed by atoms with Crippen molar-refractivity contribution in [2.45, 2.75) is 31.2 Å². The second-order valence-electron chi connectivity index (χ2n) is 4.67. The zero-order chi connectivity index (χ0) is 15.7. The molecule has 2 N–H and O–H groups in total. The van der Waals surface area contributed by atoms with Crippen molar-refractivity contribution in [3.05, 3.63) is 29.6 Å². The van der Waals surface area contributed by atoms with Crippen LogP contribution in [0.2, 0.25) is 0 Å². The molecule has 0 saturated carbocycles. The summed E-state index contributed by atoms with van der Waals surface area (Å²) < 4.78 is 45.2. The molecule has 0 aliphatic rings. The molecule has 0 bridgehead atoms. The standard InChI is InChI=1S/C14H23FN2O3S/c1-3-7-16-11-12-10-13(5-6-14(12)15)21(18,19)17-8-4-9-20-2/h5-6,10,16-17H,3-4,7-9,11H2,1-2H3. The largest absolute Gasteiger partial charge is 0.385 e. The Morgan fingerprint density at radius 3 is 2.71 bits per heavy atom. The van der Waals surface area contributed by atoms with E-state index in [1.807, 2.05) is 6.92 Å². The Labute approximate surface area is 125 Å². The van der Waals surface area contributed by atoms with Crippen molar-refractivity contribution >= 4 is 10.0 Å². The van der Waals surface area contributed by atoms with Crippen LogP contribution in [-0.2, 0) is 21.3 Å². The monoisotopic (exact) mass is 318 g/mol. The van der Waals surface area contributed by atoms with E-state index in [4.69, 9.17) is 4.74 Å². The van der Waals surface area contributed by atoms with Gasteiger partial charge in [-0.1, -0.05) is 6.92 Å². The Hall–Kier alpha value is -1.02. The van der Waals surface area contributed by atoms with Gasteiger partial charge in [-0.2, -0.15) is 0 Å². The third-order valence-corrected chi connectivity index (χ3v) is 4.35. The van der Waals surface area contributed by atoms with Crippen molar-refractivity contribution < 1.29 is 17.5 Å². The van der Waals surface area contributed by atoms with Gasteiger partial charge >= 0.3 is 0 Å². The Bertz CT molecular complexity index is 535. The summed E-state index contributed by atoms with van der Waals surface area (Å²) >= 11 is 0. The molecule has 5 nitrogen and oxygen atoms in total. The summed E-state index contributed by atoms with van der Waals surface area (Å²) in [4.78, 5) is 0.0783. The van der Waals surface area contributed by atoms with Crippen molar-refractivity contribution in [3.8, 4) is 0 Å². The summed E-state index contributed by atoms with van der Waals surface area (Å²) in [5.41, 5.74) is 0.350. The summed E-state index contributed by atoms with van der Waals surface area (Å²) in [6.45, 7) is 3.85. The highest BCUT2D eigenvalue weighted by Gasteiger charge is 2.15. The molecule has 120 valence electrons. The lowest BCUT2D eigenvalue weighted by atomic mass is 10.2. The van der Waals surface area contributed by atoms with Crippen LogP contribution in [-0.4, -0.2) is 35.2 Å². The van der Waals surface area contributed by atoms with Crippen LogP contribution < -0.4 is 10.0 Å². The summed E-state index contributed by atoms with van der Waals surface area (Å²) in [6, 6.07) is 3.83. The molecule has 21 heavy (non-hydrogen) atoms. The van der Waals surface area contributed by atoms with Gasteiger partial charge in [0, 0.05) is 32.4 Å².